The molecule has 4 amide bonds. The fourth-order valence-corrected chi connectivity index (χ4v) is 5.41. The molecule has 0 saturated carbocycles. The molecule has 0 unspecified atom stereocenters. The van der Waals surface area contributed by atoms with Gasteiger partial charge in [-0.15, -0.1) is 0 Å². The molecule has 0 aliphatic heterocycles. The minimum Gasteiger partial charge on any atom is -0.391 e. The van der Waals surface area contributed by atoms with E-state index in [0.717, 1.165) is 16.5 Å². The summed E-state index contributed by atoms with van der Waals surface area (Å²) in [5, 5.41) is 21.0. The SMILES string of the molecule is CC(C)c1ccc(C(=O)NC(C)(C)C)c(C[C@@H](O)[C@H](Cc2ccccc2)NC(=O)[C@H](CC(N)=O)NC(=O)c2ccc3ccccc3n2)c1. The number of aromatic nitrogens is 1. The van der Waals surface area contributed by atoms with Crippen LogP contribution in [0.3, 0.4) is 0 Å². The Morgan fingerprint density at radius 3 is 2.19 bits per heavy atom. The Bertz CT molecular complexity index is 1770. The smallest absolute Gasteiger partial charge is 0.270 e. The van der Waals surface area contributed by atoms with Crippen LogP contribution in [0, 0.1) is 0 Å². The van der Waals surface area contributed by atoms with Gasteiger partial charge in [0.1, 0.15) is 11.7 Å². The third-order valence-corrected chi connectivity index (χ3v) is 7.91. The number of nitrogens with one attached hydrogen (secondary N) is 3. The second-order valence-corrected chi connectivity index (χ2v) is 13.4. The second kappa shape index (κ2) is 15.7. The summed E-state index contributed by atoms with van der Waals surface area (Å²) >= 11 is 0. The first-order chi connectivity index (χ1) is 22.7. The normalized spacial score (nSPS) is 13.4. The van der Waals surface area contributed by atoms with Gasteiger partial charge in [0, 0.05) is 22.9 Å². The van der Waals surface area contributed by atoms with Crippen LogP contribution in [0.5, 0.6) is 0 Å². The molecule has 252 valence electrons. The third kappa shape index (κ3) is 9.95. The number of carbonyl (C=O) groups excluding carboxylic acids is 4. The van der Waals surface area contributed by atoms with E-state index in [4.69, 9.17) is 5.73 Å². The van der Waals surface area contributed by atoms with Crippen LogP contribution >= 0.6 is 0 Å². The zero-order valence-corrected chi connectivity index (χ0v) is 28.1. The molecule has 1 aromatic heterocycles. The number of benzene rings is 3. The van der Waals surface area contributed by atoms with Crippen molar-refractivity contribution >= 4 is 34.5 Å². The van der Waals surface area contributed by atoms with E-state index in [-0.39, 0.29) is 30.4 Å². The van der Waals surface area contributed by atoms with Gasteiger partial charge in [0.25, 0.3) is 11.8 Å². The lowest BCUT2D eigenvalue weighted by atomic mass is 9.90. The lowest BCUT2D eigenvalue weighted by Gasteiger charge is -2.28. The Balaban J connectivity index is 1.61. The number of para-hydroxylation sites is 1. The Hall–Kier alpha value is -5.09. The van der Waals surface area contributed by atoms with Crippen LogP contribution in [0.2, 0.25) is 0 Å². The maximum Gasteiger partial charge on any atom is 0.270 e. The van der Waals surface area contributed by atoms with Crippen LogP contribution in [0.1, 0.15) is 84.5 Å². The molecule has 6 N–H and O–H groups in total. The van der Waals surface area contributed by atoms with Gasteiger partial charge < -0.3 is 26.8 Å². The van der Waals surface area contributed by atoms with E-state index in [1.54, 1.807) is 24.3 Å². The van der Waals surface area contributed by atoms with Crippen molar-refractivity contribution in [2.24, 2.45) is 5.73 Å². The van der Waals surface area contributed by atoms with E-state index in [9.17, 15) is 24.3 Å². The number of hydrogen-bond acceptors (Lipinski definition) is 6. The maximum atomic E-state index is 13.8. The molecule has 4 aromatic rings. The van der Waals surface area contributed by atoms with E-state index in [1.807, 2.05) is 89.2 Å². The molecule has 0 saturated heterocycles. The zero-order chi connectivity index (χ0) is 35.0. The molecular weight excluding hydrogens is 606 g/mol. The van der Waals surface area contributed by atoms with Crippen molar-refractivity contribution in [1.29, 1.82) is 0 Å². The highest BCUT2D eigenvalue weighted by atomic mass is 16.3. The summed E-state index contributed by atoms with van der Waals surface area (Å²) in [5.74, 6) is -2.22. The molecule has 3 atom stereocenters. The molecule has 0 aliphatic carbocycles. The van der Waals surface area contributed by atoms with Gasteiger partial charge >= 0.3 is 0 Å². The van der Waals surface area contributed by atoms with E-state index >= 15 is 0 Å². The van der Waals surface area contributed by atoms with Crippen molar-refractivity contribution in [3.8, 4) is 0 Å². The van der Waals surface area contributed by atoms with Gasteiger partial charge in [0.05, 0.1) is 24.1 Å². The van der Waals surface area contributed by atoms with Crippen molar-refractivity contribution in [3.63, 3.8) is 0 Å². The molecular formula is C38H45N5O5. The summed E-state index contributed by atoms with van der Waals surface area (Å²) < 4.78 is 0. The van der Waals surface area contributed by atoms with E-state index < -0.39 is 47.9 Å². The van der Waals surface area contributed by atoms with Crippen LogP contribution in [0.4, 0.5) is 0 Å². The predicted octanol–water partition coefficient (Wildman–Crippen LogP) is 4.19. The molecule has 10 nitrogen and oxygen atoms in total. The standard InChI is InChI=1S/C38H45N5O5/c1-23(2)26-15-17-28(35(46)43-38(3,4)5)27(20-26)21-33(44)31(19-24-11-7-6-8-12-24)41-37(48)32(22-34(39)45)42-36(47)30-18-16-25-13-9-10-14-29(25)40-30/h6-18,20,23,31-33,44H,19,21-22H2,1-5H3,(H2,39,45)(H,41,48)(H,42,47)(H,43,46)/t31-,32-,33+/m0/s1. The van der Waals surface area contributed by atoms with Gasteiger partial charge in [-0.05, 0) is 68.0 Å². The highest BCUT2D eigenvalue weighted by Gasteiger charge is 2.30. The van der Waals surface area contributed by atoms with Crippen LogP contribution in [0.25, 0.3) is 10.9 Å². The van der Waals surface area contributed by atoms with Gasteiger partial charge in [0.2, 0.25) is 11.8 Å². The van der Waals surface area contributed by atoms with Crippen molar-refractivity contribution < 1.29 is 24.3 Å². The first-order valence-electron chi connectivity index (χ1n) is 16.1. The van der Waals surface area contributed by atoms with E-state index in [2.05, 4.69) is 20.9 Å². The lowest BCUT2D eigenvalue weighted by molar-refractivity contribution is -0.128. The number of aliphatic hydroxyl groups excluding tert-OH is 1. The maximum absolute atomic E-state index is 13.8. The minimum atomic E-state index is -1.33. The largest absolute Gasteiger partial charge is 0.391 e. The number of hydrogen-bond donors (Lipinski definition) is 5. The Labute approximate surface area is 281 Å². The molecule has 0 spiro atoms. The summed E-state index contributed by atoms with van der Waals surface area (Å²) in [6.07, 6.45) is -1.32. The topological polar surface area (TPSA) is 164 Å². The number of primary amides is 1. The number of fused-ring (bicyclic) bond motifs is 1. The van der Waals surface area contributed by atoms with Crippen molar-refractivity contribution in [2.75, 3.05) is 0 Å². The number of nitrogens with two attached hydrogens (primary N) is 1. The zero-order valence-electron chi connectivity index (χ0n) is 28.1. The number of amides is 4. The summed E-state index contributed by atoms with van der Waals surface area (Å²) in [6.45, 7) is 9.77. The first kappa shape index (κ1) is 35.8. The van der Waals surface area contributed by atoms with Gasteiger partial charge in [-0.25, -0.2) is 4.98 Å². The molecule has 0 fully saturated rings. The Kier molecular flexibility index (Phi) is 11.7. The highest BCUT2D eigenvalue weighted by Crippen LogP contribution is 2.23. The Morgan fingerprint density at radius 1 is 0.833 bits per heavy atom. The minimum absolute atomic E-state index is 0.0547. The Morgan fingerprint density at radius 2 is 1.52 bits per heavy atom. The fraction of sp³-hybridized carbons (Fsp3) is 0.342. The van der Waals surface area contributed by atoms with Gasteiger partial charge in [0.15, 0.2) is 0 Å². The molecule has 0 radical (unpaired) electrons. The van der Waals surface area contributed by atoms with Gasteiger partial charge in [-0.2, -0.15) is 0 Å². The highest BCUT2D eigenvalue weighted by molar-refractivity contribution is 5.99. The summed E-state index contributed by atoms with van der Waals surface area (Å²) in [4.78, 5) is 56.7. The molecule has 4 rings (SSSR count). The molecule has 0 aliphatic rings. The first-order valence-corrected chi connectivity index (χ1v) is 16.1. The van der Waals surface area contributed by atoms with Crippen LogP contribution in [-0.4, -0.2) is 57.4 Å². The number of carbonyl (C=O) groups is 4. The van der Waals surface area contributed by atoms with Crippen LogP contribution in [0.15, 0.2) is 84.9 Å². The fourth-order valence-electron chi connectivity index (χ4n) is 5.41. The van der Waals surface area contributed by atoms with Crippen molar-refractivity contribution in [2.45, 2.75) is 83.5 Å². The second-order valence-electron chi connectivity index (χ2n) is 13.4. The molecule has 3 aromatic carbocycles. The average Bonchev–Trinajstić information content (AvgIpc) is 3.03. The van der Waals surface area contributed by atoms with Crippen molar-refractivity contribution in [1.82, 2.24) is 20.9 Å². The summed E-state index contributed by atoms with van der Waals surface area (Å²) in [5.41, 5.74) is 8.60. The molecule has 1 heterocycles. The molecule has 48 heavy (non-hydrogen) atoms. The summed E-state index contributed by atoms with van der Waals surface area (Å²) in [6, 6.07) is 23.3. The number of nitrogens with zero attached hydrogens (tertiary/aromatic N) is 1. The average molecular weight is 652 g/mol. The third-order valence-electron chi connectivity index (χ3n) is 7.91. The van der Waals surface area contributed by atoms with E-state index in [1.165, 1.54) is 6.07 Å². The predicted molar refractivity (Wildman–Crippen MR) is 186 cm³/mol. The quantitative estimate of drug-likeness (QED) is 0.146. The van der Waals surface area contributed by atoms with Gasteiger partial charge in [-0.1, -0.05) is 80.6 Å². The van der Waals surface area contributed by atoms with Crippen LogP contribution < -0.4 is 21.7 Å². The van der Waals surface area contributed by atoms with Crippen LogP contribution in [-0.2, 0) is 22.4 Å². The molecule has 0 bridgehead atoms. The monoisotopic (exact) mass is 651 g/mol. The van der Waals surface area contributed by atoms with E-state index in [0.29, 0.717) is 16.6 Å². The number of rotatable bonds is 13. The van der Waals surface area contributed by atoms with Gasteiger partial charge in [-0.3, -0.25) is 19.2 Å². The number of pyridine rings is 1. The van der Waals surface area contributed by atoms with Crippen molar-refractivity contribution in [3.05, 3.63) is 113 Å². The number of aliphatic hydroxyl groups is 1. The lowest BCUT2D eigenvalue weighted by Crippen LogP contribution is -2.54. The molecule has 10 heteroatoms. The summed E-state index contributed by atoms with van der Waals surface area (Å²) in [7, 11) is 0.